The van der Waals surface area contributed by atoms with E-state index in [0.717, 1.165) is 28.3 Å². The number of ether oxygens (including phenoxy) is 1. The second-order valence-electron chi connectivity index (χ2n) is 6.22. The summed E-state index contributed by atoms with van der Waals surface area (Å²) in [6.45, 7) is 3.70. The van der Waals surface area contributed by atoms with Gasteiger partial charge in [0.1, 0.15) is 5.75 Å². The van der Waals surface area contributed by atoms with E-state index in [1.54, 1.807) is 24.5 Å². The molecule has 0 aliphatic rings. The van der Waals surface area contributed by atoms with E-state index in [0.29, 0.717) is 5.56 Å². The fraction of sp³-hybridized carbons (Fsp3) is 0.143. The number of hydrogen-bond donors (Lipinski definition) is 1. The Bertz CT molecular complexity index is 1000. The van der Waals surface area contributed by atoms with Crippen molar-refractivity contribution in [1.29, 1.82) is 0 Å². The molecule has 28 heavy (non-hydrogen) atoms. The minimum absolute atomic E-state index is 0.202. The number of pyridine rings is 1. The standard InChI is InChI=1S/C21H17F3N2O2/c1-13-6-7-14(2)19(18(13)15-8-10-25-11-9-15)20(27)26-16-4-3-5-17(12-16)28-21(22,23)24/h3-12H,1-2H3,(H,26,27). The number of amides is 1. The van der Waals surface area contributed by atoms with E-state index in [-0.39, 0.29) is 5.69 Å². The lowest BCUT2D eigenvalue weighted by Gasteiger charge is -2.16. The van der Waals surface area contributed by atoms with Crippen molar-refractivity contribution in [2.45, 2.75) is 20.2 Å². The quantitative estimate of drug-likeness (QED) is 0.643. The monoisotopic (exact) mass is 386 g/mol. The first-order valence-corrected chi connectivity index (χ1v) is 8.42. The molecule has 0 spiro atoms. The van der Waals surface area contributed by atoms with Crippen molar-refractivity contribution < 1.29 is 22.7 Å². The third kappa shape index (κ3) is 4.49. The molecule has 0 atom stereocenters. The fourth-order valence-corrected chi connectivity index (χ4v) is 2.96. The SMILES string of the molecule is Cc1ccc(C)c(-c2ccncc2)c1C(=O)Nc1cccc(OC(F)(F)F)c1. The maximum Gasteiger partial charge on any atom is 0.573 e. The Morgan fingerprint density at radius 2 is 1.68 bits per heavy atom. The molecule has 2 aromatic carbocycles. The van der Waals surface area contributed by atoms with E-state index in [1.807, 2.05) is 26.0 Å². The summed E-state index contributed by atoms with van der Waals surface area (Å²) in [5.74, 6) is -0.821. The third-order valence-corrected chi connectivity index (χ3v) is 4.14. The molecule has 0 aliphatic carbocycles. The Morgan fingerprint density at radius 1 is 1.00 bits per heavy atom. The van der Waals surface area contributed by atoms with Gasteiger partial charge in [0.2, 0.25) is 0 Å². The van der Waals surface area contributed by atoms with Gasteiger partial charge in [0.15, 0.2) is 0 Å². The highest BCUT2D eigenvalue weighted by molar-refractivity contribution is 6.10. The first kappa shape index (κ1) is 19.4. The predicted molar refractivity (Wildman–Crippen MR) is 100 cm³/mol. The van der Waals surface area contributed by atoms with Crippen molar-refractivity contribution >= 4 is 11.6 Å². The molecule has 1 N–H and O–H groups in total. The first-order valence-electron chi connectivity index (χ1n) is 8.42. The van der Waals surface area contributed by atoms with Crippen molar-refractivity contribution in [3.8, 4) is 16.9 Å². The lowest BCUT2D eigenvalue weighted by molar-refractivity contribution is -0.274. The van der Waals surface area contributed by atoms with Crippen molar-refractivity contribution in [3.63, 3.8) is 0 Å². The summed E-state index contributed by atoms with van der Waals surface area (Å²) in [5.41, 5.74) is 3.88. The van der Waals surface area contributed by atoms with Crippen LogP contribution in [-0.2, 0) is 0 Å². The fourth-order valence-electron chi connectivity index (χ4n) is 2.96. The molecule has 0 saturated carbocycles. The summed E-state index contributed by atoms with van der Waals surface area (Å²) in [4.78, 5) is 17.0. The number of benzene rings is 2. The number of hydrogen-bond acceptors (Lipinski definition) is 3. The summed E-state index contributed by atoms with van der Waals surface area (Å²) in [6.07, 6.45) is -1.53. The lowest BCUT2D eigenvalue weighted by atomic mass is 9.92. The van der Waals surface area contributed by atoms with Gasteiger partial charge in [0.05, 0.1) is 5.56 Å². The molecular weight excluding hydrogens is 369 g/mol. The molecule has 7 heteroatoms. The number of carbonyl (C=O) groups is 1. The van der Waals surface area contributed by atoms with Crippen LogP contribution in [0.25, 0.3) is 11.1 Å². The zero-order chi connectivity index (χ0) is 20.3. The van der Waals surface area contributed by atoms with Gasteiger partial charge in [-0.2, -0.15) is 0 Å². The molecule has 4 nitrogen and oxygen atoms in total. The number of rotatable bonds is 4. The molecule has 0 radical (unpaired) electrons. The molecule has 0 saturated heterocycles. The van der Waals surface area contributed by atoms with Crippen LogP contribution in [0.2, 0.25) is 0 Å². The minimum atomic E-state index is -4.80. The van der Waals surface area contributed by atoms with Gasteiger partial charge in [-0.3, -0.25) is 9.78 Å². The molecule has 144 valence electrons. The van der Waals surface area contributed by atoms with Crippen molar-refractivity contribution in [3.05, 3.63) is 77.6 Å². The van der Waals surface area contributed by atoms with Crippen LogP contribution in [0.1, 0.15) is 21.5 Å². The average Bonchev–Trinajstić information content (AvgIpc) is 2.63. The van der Waals surface area contributed by atoms with Crippen LogP contribution < -0.4 is 10.1 Å². The Kier molecular flexibility index (Phi) is 5.35. The summed E-state index contributed by atoms with van der Waals surface area (Å²) in [7, 11) is 0. The molecule has 0 unspecified atom stereocenters. The van der Waals surface area contributed by atoms with E-state index in [1.165, 1.54) is 18.2 Å². The number of anilines is 1. The topological polar surface area (TPSA) is 51.2 Å². The molecule has 3 aromatic rings. The van der Waals surface area contributed by atoms with Gasteiger partial charge >= 0.3 is 6.36 Å². The Morgan fingerprint density at radius 3 is 2.36 bits per heavy atom. The molecular formula is C21H17F3N2O2. The molecule has 3 rings (SSSR count). The molecule has 1 aromatic heterocycles. The van der Waals surface area contributed by atoms with Crippen LogP contribution in [0.5, 0.6) is 5.75 Å². The number of aromatic nitrogens is 1. The van der Waals surface area contributed by atoms with Crippen molar-refractivity contribution in [2.75, 3.05) is 5.32 Å². The van der Waals surface area contributed by atoms with Crippen LogP contribution >= 0.6 is 0 Å². The van der Waals surface area contributed by atoms with Crippen LogP contribution in [-0.4, -0.2) is 17.3 Å². The maximum atomic E-state index is 13.0. The molecule has 0 aliphatic heterocycles. The van der Waals surface area contributed by atoms with Gasteiger partial charge < -0.3 is 10.1 Å². The molecule has 0 bridgehead atoms. The highest BCUT2D eigenvalue weighted by atomic mass is 19.4. The van der Waals surface area contributed by atoms with Crippen molar-refractivity contribution in [1.82, 2.24) is 4.98 Å². The van der Waals surface area contributed by atoms with Gasteiger partial charge in [-0.15, -0.1) is 13.2 Å². The number of nitrogens with zero attached hydrogens (tertiary/aromatic N) is 1. The zero-order valence-electron chi connectivity index (χ0n) is 15.2. The number of carbonyl (C=O) groups excluding carboxylic acids is 1. The van der Waals surface area contributed by atoms with E-state index >= 15 is 0 Å². The van der Waals surface area contributed by atoms with Crippen LogP contribution in [0.15, 0.2) is 60.9 Å². The maximum absolute atomic E-state index is 13.0. The number of aryl methyl sites for hydroxylation is 2. The zero-order valence-corrected chi connectivity index (χ0v) is 15.2. The second-order valence-corrected chi connectivity index (χ2v) is 6.22. The van der Waals surface area contributed by atoms with E-state index < -0.39 is 18.0 Å². The summed E-state index contributed by atoms with van der Waals surface area (Å²) < 4.78 is 41.2. The van der Waals surface area contributed by atoms with Crippen molar-refractivity contribution in [2.24, 2.45) is 0 Å². The Balaban J connectivity index is 1.96. The van der Waals surface area contributed by atoms with E-state index in [4.69, 9.17) is 0 Å². The van der Waals surface area contributed by atoms with E-state index in [2.05, 4.69) is 15.0 Å². The average molecular weight is 386 g/mol. The first-order chi connectivity index (χ1) is 13.2. The Labute approximate surface area is 160 Å². The predicted octanol–water partition coefficient (Wildman–Crippen LogP) is 5.52. The lowest BCUT2D eigenvalue weighted by Crippen LogP contribution is -2.18. The van der Waals surface area contributed by atoms with Gasteiger partial charge in [-0.1, -0.05) is 18.2 Å². The summed E-state index contributed by atoms with van der Waals surface area (Å²) in [6, 6.07) is 12.5. The second kappa shape index (κ2) is 7.72. The van der Waals surface area contributed by atoms with Gasteiger partial charge in [0, 0.05) is 24.1 Å². The minimum Gasteiger partial charge on any atom is -0.406 e. The summed E-state index contributed by atoms with van der Waals surface area (Å²) in [5, 5.41) is 2.66. The van der Waals surface area contributed by atoms with Gasteiger partial charge in [-0.25, -0.2) is 0 Å². The van der Waals surface area contributed by atoms with Gasteiger partial charge in [0.25, 0.3) is 5.91 Å². The van der Waals surface area contributed by atoms with Gasteiger partial charge in [-0.05, 0) is 60.4 Å². The number of alkyl halides is 3. The largest absolute Gasteiger partial charge is 0.573 e. The number of halogens is 3. The normalized spacial score (nSPS) is 11.2. The van der Waals surface area contributed by atoms with E-state index in [9.17, 15) is 18.0 Å². The van der Waals surface area contributed by atoms with Crippen LogP contribution in [0.3, 0.4) is 0 Å². The Hall–Kier alpha value is -3.35. The molecule has 1 heterocycles. The third-order valence-electron chi connectivity index (χ3n) is 4.14. The highest BCUT2D eigenvalue weighted by Gasteiger charge is 2.31. The summed E-state index contributed by atoms with van der Waals surface area (Å²) >= 11 is 0. The molecule has 0 fully saturated rings. The highest BCUT2D eigenvalue weighted by Crippen LogP contribution is 2.31. The smallest absolute Gasteiger partial charge is 0.406 e. The number of nitrogens with one attached hydrogen (secondary N) is 1. The van der Waals surface area contributed by atoms with Crippen LogP contribution in [0.4, 0.5) is 18.9 Å². The molecule has 1 amide bonds. The van der Waals surface area contributed by atoms with Crippen LogP contribution in [0, 0.1) is 13.8 Å².